The molecule has 0 fully saturated rings. The van der Waals surface area contributed by atoms with Gasteiger partial charge >= 0.3 is 5.97 Å². The van der Waals surface area contributed by atoms with Gasteiger partial charge in [0.15, 0.2) is 0 Å². The van der Waals surface area contributed by atoms with E-state index in [1.165, 1.54) is 22.3 Å². The van der Waals surface area contributed by atoms with Crippen molar-refractivity contribution in [3.8, 4) is 22.5 Å². The molecule has 3 N–H and O–H groups in total. The van der Waals surface area contributed by atoms with Crippen LogP contribution >= 0.6 is 0 Å². The second-order valence-corrected chi connectivity index (χ2v) is 8.89. The first-order valence-electron chi connectivity index (χ1n) is 12.3. The van der Waals surface area contributed by atoms with Crippen LogP contribution in [0.4, 0.5) is 0 Å². The minimum Gasteiger partial charge on any atom is -0.480 e. The number of tetrazole rings is 1. The molecule has 194 valence electrons. The molecule has 1 aromatic heterocycles. The summed E-state index contributed by atoms with van der Waals surface area (Å²) >= 11 is 0. The Morgan fingerprint density at radius 3 is 2.50 bits per heavy atom. The molecule has 5 rings (SSSR count). The van der Waals surface area contributed by atoms with Crippen molar-refractivity contribution in [1.82, 2.24) is 25.9 Å². The number of amides is 1. The first-order valence-corrected chi connectivity index (χ1v) is 12.3. The van der Waals surface area contributed by atoms with Crippen molar-refractivity contribution in [2.75, 3.05) is 33.0 Å². The van der Waals surface area contributed by atoms with E-state index in [2.05, 4.69) is 62.3 Å². The fourth-order valence-corrected chi connectivity index (χ4v) is 4.70. The first kappa shape index (κ1) is 25.2. The number of H-pyrrole nitrogens is 1. The highest BCUT2D eigenvalue weighted by Gasteiger charge is 2.29. The van der Waals surface area contributed by atoms with E-state index in [0.717, 1.165) is 17.5 Å². The van der Waals surface area contributed by atoms with Crippen molar-refractivity contribution >= 4 is 11.9 Å². The number of hydrogen-bond donors (Lipinski definition) is 3. The summed E-state index contributed by atoms with van der Waals surface area (Å²) in [7, 11) is 0. The fraction of sp³-hybridized carbons (Fsp3) is 0.250. The summed E-state index contributed by atoms with van der Waals surface area (Å²) in [5.41, 5.74) is 7.57. The Labute approximate surface area is 219 Å². The number of benzene rings is 3. The van der Waals surface area contributed by atoms with E-state index in [9.17, 15) is 9.59 Å². The number of aromatic nitrogens is 4. The van der Waals surface area contributed by atoms with Gasteiger partial charge in [-0.3, -0.25) is 4.79 Å². The van der Waals surface area contributed by atoms with Gasteiger partial charge in [-0.2, -0.15) is 5.21 Å². The number of hydrogen-bond acceptors (Lipinski definition) is 7. The van der Waals surface area contributed by atoms with E-state index in [1.807, 2.05) is 30.3 Å². The zero-order valence-electron chi connectivity index (χ0n) is 20.6. The molecule has 0 saturated heterocycles. The number of carboxylic acids is 1. The maximum absolute atomic E-state index is 12.5. The number of aliphatic carboxylic acids is 1. The third-order valence-electron chi connectivity index (χ3n) is 6.44. The van der Waals surface area contributed by atoms with Crippen molar-refractivity contribution in [3.63, 3.8) is 0 Å². The number of carbonyl (C=O) groups excluding carboxylic acids is 1. The standard InChI is InChI=1S/C28H27N5O5/c34-26(35)17-38-14-13-37-12-11-29-28(36)19-7-5-18(6-8-19)15-24-21-3-1-2-4-22(21)25-16-20(9-10-23(24)25)27-30-32-33-31-27/h1-10,16,24H,11-15,17H2,(H,29,36)(H,34,35)(H,30,31,32,33). The molecule has 0 aliphatic heterocycles. The van der Waals surface area contributed by atoms with Crippen LogP contribution in [0.5, 0.6) is 0 Å². The predicted octanol–water partition coefficient (Wildman–Crippen LogP) is 3.07. The van der Waals surface area contributed by atoms with Gasteiger partial charge < -0.3 is 19.9 Å². The second-order valence-electron chi connectivity index (χ2n) is 8.89. The first-order chi connectivity index (χ1) is 18.6. The maximum atomic E-state index is 12.5. The second kappa shape index (κ2) is 11.8. The van der Waals surface area contributed by atoms with E-state index in [0.29, 0.717) is 24.5 Å². The van der Waals surface area contributed by atoms with Gasteiger partial charge in [-0.05, 0) is 57.7 Å². The number of nitrogens with one attached hydrogen (secondary N) is 2. The van der Waals surface area contributed by atoms with E-state index >= 15 is 0 Å². The van der Waals surface area contributed by atoms with Crippen molar-refractivity contribution < 1.29 is 24.2 Å². The molecule has 1 unspecified atom stereocenters. The maximum Gasteiger partial charge on any atom is 0.329 e. The summed E-state index contributed by atoms with van der Waals surface area (Å²) in [6.45, 7) is 0.774. The average Bonchev–Trinajstić information content (AvgIpc) is 3.58. The summed E-state index contributed by atoms with van der Waals surface area (Å²) in [4.78, 5) is 22.9. The zero-order valence-corrected chi connectivity index (χ0v) is 20.6. The molecular formula is C28H27N5O5. The molecule has 0 bridgehead atoms. The van der Waals surface area contributed by atoms with Gasteiger partial charge in [-0.25, -0.2) is 4.79 Å². The minimum atomic E-state index is -1.02. The molecule has 10 nitrogen and oxygen atoms in total. The summed E-state index contributed by atoms with van der Waals surface area (Å²) in [6.07, 6.45) is 0.811. The lowest BCUT2D eigenvalue weighted by molar-refractivity contribution is -0.142. The van der Waals surface area contributed by atoms with Crippen LogP contribution in [0, 0.1) is 0 Å². The van der Waals surface area contributed by atoms with Crippen LogP contribution in [0.2, 0.25) is 0 Å². The van der Waals surface area contributed by atoms with E-state index in [-0.39, 0.29) is 31.6 Å². The third-order valence-corrected chi connectivity index (χ3v) is 6.44. The van der Waals surface area contributed by atoms with Crippen LogP contribution < -0.4 is 5.32 Å². The van der Waals surface area contributed by atoms with E-state index < -0.39 is 5.97 Å². The summed E-state index contributed by atoms with van der Waals surface area (Å²) in [6, 6.07) is 22.4. The predicted molar refractivity (Wildman–Crippen MR) is 139 cm³/mol. The Kier molecular flexibility index (Phi) is 7.81. The van der Waals surface area contributed by atoms with Gasteiger partial charge in [0.1, 0.15) is 6.61 Å². The Morgan fingerprint density at radius 1 is 0.921 bits per heavy atom. The van der Waals surface area contributed by atoms with Crippen molar-refractivity contribution in [3.05, 3.63) is 89.0 Å². The van der Waals surface area contributed by atoms with E-state index in [4.69, 9.17) is 14.6 Å². The number of aromatic amines is 1. The van der Waals surface area contributed by atoms with Gasteiger partial charge in [0.2, 0.25) is 5.82 Å². The zero-order chi connectivity index (χ0) is 26.3. The Morgan fingerprint density at radius 2 is 1.71 bits per heavy atom. The van der Waals surface area contributed by atoms with Crippen LogP contribution in [-0.4, -0.2) is 70.6 Å². The number of rotatable bonds is 12. The van der Waals surface area contributed by atoms with Crippen molar-refractivity contribution in [2.24, 2.45) is 0 Å². The molecule has 1 heterocycles. The van der Waals surface area contributed by atoms with Gasteiger partial charge in [0.05, 0.1) is 19.8 Å². The van der Waals surface area contributed by atoms with Gasteiger partial charge in [-0.1, -0.05) is 48.5 Å². The van der Waals surface area contributed by atoms with Crippen molar-refractivity contribution in [1.29, 1.82) is 0 Å². The number of ether oxygens (including phenoxy) is 2. The summed E-state index contributed by atoms with van der Waals surface area (Å²) in [5.74, 6) is -0.416. The number of carboxylic acid groups (broad SMARTS) is 1. The highest BCUT2D eigenvalue weighted by Crippen LogP contribution is 2.47. The molecule has 1 atom stereocenters. The lowest BCUT2D eigenvalue weighted by atomic mass is 9.89. The molecule has 38 heavy (non-hydrogen) atoms. The lowest BCUT2D eigenvalue weighted by Crippen LogP contribution is -2.27. The largest absolute Gasteiger partial charge is 0.480 e. The average molecular weight is 514 g/mol. The number of nitrogens with zero attached hydrogens (tertiary/aromatic N) is 3. The number of fused-ring (bicyclic) bond motifs is 3. The highest BCUT2D eigenvalue weighted by atomic mass is 16.5. The SMILES string of the molecule is O=C(O)COCCOCCNC(=O)c1ccc(CC2c3ccccc3-c3cc(-c4nn[nH]n4)ccc32)cc1. The molecule has 0 saturated carbocycles. The highest BCUT2D eigenvalue weighted by molar-refractivity contribution is 5.94. The molecule has 1 amide bonds. The number of carbonyl (C=O) groups is 2. The molecule has 10 heteroatoms. The Hall–Kier alpha value is -4.41. The molecular weight excluding hydrogens is 486 g/mol. The lowest BCUT2D eigenvalue weighted by Gasteiger charge is -2.14. The van der Waals surface area contributed by atoms with Crippen LogP contribution in [-0.2, 0) is 20.7 Å². The Balaban J connectivity index is 1.19. The molecule has 1 aliphatic carbocycles. The third kappa shape index (κ3) is 5.77. The van der Waals surface area contributed by atoms with Crippen LogP contribution in [0.15, 0.2) is 66.7 Å². The van der Waals surface area contributed by atoms with E-state index in [1.54, 1.807) is 0 Å². The smallest absolute Gasteiger partial charge is 0.329 e. The van der Waals surface area contributed by atoms with Crippen LogP contribution in [0.3, 0.4) is 0 Å². The topological polar surface area (TPSA) is 139 Å². The molecule has 4 aromatic rings. The monoisotopic (exact) mass is 513 g/mol. The van der Waals surface area contributed by atoms with Gasteiger partial charge in [0, 0.05) is 23.6 Å². The van der Waals surface area contributed by atoms with Gasteiger partial charge in [0.25, 0.3) is 5.91 Å². The van der Waals surface area contributed by atoms with Crippen LogP contribution in [0.1, 0.15) is 33.0 Å². The van der Waals surface area contributed by atoms with Crippen LogP contribution in [0.25, 0.3) is 22.5 Å². The molecule has 0 radical (unpaired) electrons. The Bertz CT molecular complexity index is 1410. The quantitative estimate of drug-likeness (QED) is 0.246. The normalized spacial score (nSPS) is 13.6. The molecule has 0 spiro atoms. The van der Waals surface area contributed by atoms with Gasteiger partial charge in [-0.15, -0.1) is 10.2 Å². The van der Waals surface area contributed by atoms with Crippen molar-refractivity contribution in [2.45, 2.75) is 12.3 Å². The fourth-order valence-electron chi connectivity index (χ4n) is 4.70. The summed E-state index contributed by atoms with van der Waals surface area (Å²) in [5, 5.41) is 25.7. The minimum absolute atomic E-state index is 0.173. The molecule has 1 aliphatic rings. The molecule has 3 aromatic carbocycles. The summed E-state index contributed by atoms with van der Waals surface area (Å²) < 4.78 is 10.2.